The normalized spacial score (nSPS) is 21.2. The average Bonchev–Trinajstić information content (AvgIpc) is 3.22. The van der Waals surface area contributed by atoms with E-state index in [0.717, 1.165) is 45.3 Å². The van der Waals surface area contributed by atoms with Crippen molar-refractivity contribution in [3.63, 3.8) is 0 Å². The zero-order valence-corrected chi connectivity index (χ0v) is 12.8. The molecule has 1 saturated heterocycles. The van der Waals surface area contributed by atoms with Gasteiger partial charge < -0.3 is 20.2 Å². The SMILES string of the molecule is CC(C)CN1CCC(NC(=O)N(CCO)C2CC2)CC1. The van der Waals surface area contributed by atoms with Gasteiger partial charge in [-0.3, -0.25) is 0 Å². The summed E-state index contributed by atoms with van der Waals surface area (Å²) >= 11 is 0. The molecule has 1 aliphatic carbocycles. The molecule has 1 aliphatic heterocycles. The van der Waals surface area contributed by atoms with E-state index in [9.17, 15) is 4.79 Å². The standard InChI is InChI=1S/C15H29N3O2/c1-12(2)11-17-7-5-13(6-8-17)16-15(20)18(9-10-19)14-3-4-14/h12-14,19H,3-11H2,1-2H3,(H,16,20). The Kier molecular flexibility index (Phi) is 5.66. The van der Waals surface area contributed by atoms with Crippen molar-refractivity contribution in [2.75, 3.05) is 32.8 Å². The Balaban J connectivity index is 1.72. The molecular weight excluding hydrogens is 254 g/mol. The van der Waals surface area contributed by atoms with Gasteiger partial charge in [0.25, 0.3) is 0 Å². The zero-order valence-electron chi connectivity index (χ0n) is 12.8. The Morgan fingerprint density at radius 1 is 1.30 bits per heavy atom. The van der Waals surface area contributed by atoms with Crippen molar-refractivity contribution in [2.24, 2.45) is 5.92 Å². The predicted octanol–water partition coefficient (Wildman–Crippen LogP) is 1.27. The number of amides is 2. The number of nitrogens with zero attached hydrogens (tertiary/aromatic N) is 2. The van der Waals surface area contributed by atoms with Crippen LogP contribution in [-0.2, 0) is 0 Å². The quantitative estimate of drug-likeness (QED) is 0.772. The molecule has 1 heterocycles. The molecule has 0 aromatic heterocycles. The van der Waals surface area contributed by atoms with E-state index < -0.39 is 0 Å². The monoisotopic (exact) mass is 283 g/mol. The first kappa shape index (κ1) is 15.6. The van der Waals surface area contributed by atoms with Crippen molar-refractivity contribution in [3.8, 4) is 0 Å². The van der Waals surface area contributed by atoms with Crippen LogP contribution in [0, 0.1) is 5.92 Å². The highest BCUT2D eigenvalue weighted by atomic mass is 16.3. The number of carbonyl (C=O) groups is 1. The van der Waals surface area contributed by atoms with E-state index in [0.29, 0.717) is 24.5 Å². The molecule has 0 aromatic carbocycles. The van der Waals surface area contributed by atoms with Gasteiger partial charge in [0.1, 0.15) is 0 Å². The number of urea groups is 1. The number of carbonyl (C=O) groups excluding carboxylic acids is 1. The van der Waals surface area contributed by atoms with Crippen molar-refractivity contribution in [1.82, 2.24) is 15.1 Å². The molecule has 2 amide bonds. The van der Waals surface area contributed by atoms with Crippen molar-refractivity contribution >= 4 is 6.03 Å². The van der Waals surface area contributed by atoms with Crippen LogP contribution in [0.2, 0.25) is 0 Å². The zero-order chi connectivity index (χ0) is 14.5. The molecule has 2 aliphatic rings. The van der Waals surface area contributed by atoms with Gasteiger partial charge in [-0.05, 0) is 31.6 Å². The van der Waals surface area contributed by atoms with Crippen LogP contribution < -0.4 is 5.32 Å². The summed E-state index contributed by atoms with van der Waals surface area (Å²) in [5, 5.41) is 12.2. The molecular formula is C15H29N3O2. The molecule has 0 spiro atoms. The van der Waals surface area contributed by atoms with Crippen LogP contribution in [0.1, 0.15) is 39.5 Å². The summed E-state index contributed by atoms with van der Waals surface area (Å²) in [6.07, 6.45) is 4.24. The van der Waals surface area contributed by atoms with E-state index in [1.807, 2.05) is 0 Å². The average molecular weight is 283 g/mol. The maximum atomic E-state index is 12.2. The fourth-order valence-corrected chi connectivity index (χ4v) is 2.98. The molecule has 5 nitrogen and oxygen atoms in total. The van der Waals surface area contributed by atoms with Gasteiger partial charge in [-0.15, -0.1) is 0 Å². The largest absolute Gasteiger partial charge is 0.395 e. The molecule has 5 heteroatoms. The first-order valence-corrected chi connectivity index (χ1v) is 8.00. The summed E-state index contributed by atoms with van der Waals surface area (Å²) in [7, 11) is 0. The highest BCUT2D eigenvalue weighted by Crippen LogP contribution is 2.26. The number of likely N-dealkylation sites (tertiary alicyclic amines) is 1. The van der Waals surface area contributed by atoms with Gasteiger partial charge >= 0.3 is 6.03 Å². The third-order valence-electron chi connectivity index (χ3n) is 4.13. The minimum Gasteiger partial charge on any atom is -0.395 e. The number of piperidine rings is 1. The number of hydrogen-bond acceptors (Lipinski definition) is 3. The van der Waals surface area contributed by atoms with Gasteiger partial charge in [-0.1, -0.05) is 13.8 Å². The van der Waals surface area contributed by atoms with E-state index in [2.05, 4.69) is 24.1 Å². The van der Waals surface area contributed by atoms with Crippen molar-refractivity contribution in [1.29, 1.82) is 0 Å². The lowest BCUT2D eigenvalue weighted by Crippen LogP contribution is -2.50. The summed E-state index contributed by atoms with van der Waals surface area (Å²) in [5.41, 5.74) is 0. The Morgan fingerprint density at radius 2 is 1.95 bits per heavy atom. The number of nitrogens with one attached hydrogen (secondary N) is 1. The fraction of sp³-hybridized carbons (Fsp3) is 0.933. The highest BCUT2D eigenvalue weighted by molar-refractivity contribution is 5.75. The lowest BCUT2D eigenvalue weighted by Gasteiger charge is -2.34. The highest BCUT2D eigenvalue weighted by Gasteiger charge is 2.33. The molecule has 0 aromatic rings. The van der Waals surface area contributed by atoms with Crippen LogP contribution in [0.4, 0.5) is 4.79 Å². The Morgan fingerprint density at radius 3 is 2.45 bits per heavy atom. The number of aliphatic hydroxyl groups is 1. The van der Waals surface area contributed by atoms with E-state index in [1.165, 1.54) is 0 Å². The second-order valence-corrected chi connectivity index (χ2v) is 6.57. The first-order chi connectivity index (χ1) is 9.60. The van der Waals surface area contributed by atoms with E-state index in [4.69, 9.17) is 5.11 Å². The van der Waals surface area contributed by atoms with Crippen LogP contribution in [0.25, 0.3) is 0 Å². The predicted molar refractivity (Wildman–Crippen MR) is 79.6 cm³/mol. The first-order valence-electron chi connectivity index (χ1n) is 8.00. The maximum absolute atomic E-state index is 12.2. The van der Waals surface area contributed by atoms with Crippen LogP contribution in [0.5, 0.6) is 0 Å². The summed E-state index contributed by atoms with van der Waals surface area (Å²) in [6.45, 7) is 8.31. The molecule has 2 rings (SSSR count). The Bertz CT molecular complexity index is 310. The van der Waals surface area contributed by atoms with Crippen molar-refractivity contribution in [2.45, 2.75) is 51.6 Å². The summed E-state index contributed by atoms with van der Waals surface area (Å²) in [5.74, 6) is 0.705. The topological polar surface area (TPSA) is 55.8 Å². The minimum atomic E-state index is 0.0175. The Hall–Kier alpha value is -0.810. The van der Waals surface area contributed by atoms with Crippen LogP contribution in [-0.4, -0.2) is 65.8 Å². The van der Waals surface area contributed by atoms with E-state index >= 15 is 0 Å². The number of rotatable bonds is 6. The van der Waals surface area contributed by atoms with E-state index in [1.54, 1.807) is 4.90 Å². The third-order valence-corrected chi connectivity index (χ3v) is 4.13. The van der Waals surface area contributed by atoms with Crippen LogP contribution in [0.15, 0.2) is 0 Å². The molecule has 2 N–H and O–H groups in total. The fourth-order valence-electron chi connectivity index (χ4n) is 2.98. The van der Waals surface area contributed by atoms with Gasteiger partial charge in [0.15, 0.2) is 0 Å². The summed E-state index contributed by atoms with van der Waals surface area (Å²) in [4.78, 5) is 16.5. The summed E-state index contributed by atoms with van der Waals surface area (Å²) < 4.78 is 0. The molecule has 0 unspecified atom stereocenters. The molecule has 0 atom stereocenters. The van der Waals surface area contributed by atoms with Crippen molar-refractivity contribution < 1.29 is 9.90 Å². The number of hydrogen-bond donors (Lipinski definition) is 2. The van der Waals surface area contributed by atoms with Gasteiger partial charge in [0.2, 0.25) is 0 Å². The smallest absolute Gasteiger partial charge is 0.317 e. The minimum absolute atomic E-state index is 0.0175. The lowest BCUT2D eigenvalue weighted by atomic mass is 10.0. The van der Waals surface area contributed by atoms with Crippen LogP contribution in [0.3, 0.4) is 0 Å². The molecule has 1 saturated carbocycles. The van der Waals surface area contributed by atoms with Gasteiger partial charge in [0, 0.05) is 38.3 Å². The van der Waals surface area contributed by atoms with Gasteiger partial charge in [0.05, 0.1) is 6.61 Å². The van der Waals surface area contributed by atoms with E-state index in [-0.39, 0.29) is 12.6 Å². The molecule has 2 fully saturated rings. The molecule has 0 radical (unpaired) electrons. The molecule has 116 valence electrons. The third kappa shape index (κ3) is 4.63. The van der Waals surface area contributed by atoms with Crippen molar-refractivity contribution in [3.05, 3.63) is 0 Å². The molecule has 20 heavy (non-hydrogen) atoms. The number of aliphatic hydroxyl groups excluding tert-OH is 1. The second kappa shape index (κ2) is 7.27. The van der Waals surface area contributed by atoms with Crippen LogP contribution >= 0.6 is 0 Å². The second-order valence-electron chi connectivity index (χ2n) is 6.57. The summed E-state index contributed by atoms with van der Waals surface area (Å²) in [6, 6.07) is 0.679. The maximum Gasteiger partial charge on any atom is 0.317 e. The lowest BCUT2D eigenvalue weighted by molar-refractivity contribution is 0.153. The Labute approximate surface area is 122 Å². The molecule has 0 bridgehead atoms. The van der Waals surface area contributed by atoms with Gasteiger partial charge in [-0.2, -0.15) is 0 Å². The van der Waals surface area contributed by atoms with Gasteiger partial charge in [-0.25, -0.2) is 4.79 Å².